The Morgan fingerprint density at radius 3 is 2.82 bits per heavy atom. The number of nitrogens with one attached hydrogen (secondary N) is 2. The number of aryl methyl sites for hydroxylation is 2. The highest BCUT2D eigenvalue weighted by Gasteiger charge is 2.31. The number of carbonyl (C=O) groups excluding carboxylic acids is 2. The van der Waals surface area contributed by atoms with Gasteiger partial charge in [-0.2, -0.15) is 0 Å². The normalized spacial score (nSPS) is 16.1. The topological polar surface area (TPSA) is 98.8 Å². The molecule has 9 heteroatoms. The van der Waals surface area contributed by atoms with Gasteiger partial charge in [0.25, 0.3) is 5.91 Å². The number of amides is 2. The van der Waals surface area contributed by atoms with E-state index in [-0.39, 0.29) is 24.5 Å². The molecule has 2 heterocycles. The van der Waals surface area contributed by atoms with Crippen LogP contribution in [0.1, 0.15) is 45.3 Å². The maximum absolute atomic E-state index is 13.2. The van der Waals surface area contributed by atoms with Gasteiger partial charge >= 0.3 is 0 Å². The average molecular weight is 466 g/mol. The molecule has 0 spiro atoms. The van der Waals surface area contributed by atoms with Gasteiger partial charge in [-0.25, -0.2) is 4.98 Å². The highest BCUT2D eigenvalue weighted by molar-refractivity contribution is 7.16. The second-order valence-corrected chi connectivity index (χ2v) is 9.07. The number of aromatic nitrogens is 1. The van der Waals surface area contributed by atoms with Gasteiger partial charge in [0.1, 0.15) is 5.75 Å². The third-order valence-electron chi connectivity index (χ3n) is 5.74. The second kappa shape index (κ2) is 8.74. The van der Waals surface area contributed by atoms with E-state index < -0.39 is 0 Å². The number of anilines is 2. The molecule has 170 valence electrons. The van der Waals surface area contributed by atoms with Crippen LogP contribution in [0.2, 0.25) is 0 Å². The molecule has 2 aromatic carbocycles. The highest BCUT2D eigenvalue weighted by atomic mass is 32.1. The number of rotatable bonds is 5. The van der Waals surface area contributed by atoms with Gasteiger partial charge < -0.3 is 19.5 Å². The molecule has 1 unspecified atom stereocenters. The zero-order valence-corrected chi connectivity index (χ0v) is 19.1. The molecule has 3 aromatic rings. The molecule has 0 fully saturated rings. The first kappa shape index (κ1) is 21.3. The number of hydrogen-bond donors (Lipinski definition) is 2. The number of nitrogens with zero attached hydrogens (tertiary/aromatic N) is 1. The maximum Gasteiger partial charge on any atom is 0.257 e. The van der Waals surface area contributed by atoms with Crippen molar-refractivity contribution in [3.05, 3.63) is 58.1 Å². The molecule has 1 aliphatic carbocycles. The first-order chi connectivity index (χ1) is 16.0. The average Bonchev–Trinajstić information content (AvgIpc) is 3.44. The van der Waals surface area contributed by atoms with Crippen molar-refractivity contribution in [3.63, 3.8) is 0 Å². The van der Waals surface area contributed by atoms with Crippen LogP contribution in [0, 0.1) is 6.92 Å². The van der Waals surface area contributed by atoms with Crippen molar-refractivity contribution < 1.29 is 23.8 Å². The Morgan fingerprint density at radius 2 is 1.97 bits per heavy atom. The van der Waals surface area contributed by atoms with E-state index in [2.05, 4.69) is 15.6 Å². The van der Waals surface area contributed by atoms with E-state index in [9.17, 15) is 9.59 Å². The summed E-state index contributed by atoms with van der Waals surface area (Å²) in [6, 6.07) is 10.7. The Balaban J connectivity index is 1.33. The van der Waals surface area contributed by atoms with Crippen LogP contribution in [0.5, 0.6) is 17.2 Å². The molecule has 1 atom stereocenters. The van der Waals surface area contributed by atoms with E-state index in [0.29, 0.717) is 40.1 Å². The third-order valence-corrected chi connectivity index (χ3v) is 6.79. The van der Waals surface area contributed by atoms with Crippen molar-refractivity contribution in [1.29, 1.82) is 0 Å². The van der Waals surface area contributed by atoms with Gasteiger partial charge in [0.15, 0.2) is 16.6 Å². The molecule has 33 heavy (non-hydrogen) atoms. The molecule has 5 rings (SSSR count). The van der Waals surface area contributed by atoms with Crippen molar-refractivity contribution >= 4 is 34.0 Å². The molecular formula is C24H23N3O5S. The van der Waals surface area contributed by atoms with E-state index in [1.807, 2.05) is 25.1 Å². The van der Waals surface area contributed by atoms with E-state index in [1.54, 1.807) is 25.3 Å². The van der Waals surface area contributed by atoms with Gasteiger partial charge in [-0.1, -0.05) is 6.07 Å². The van der Waals surface area contributed by atoms with Crippen LogP contribution in [-0.2, 0) is 11.2 Å². The summed E-state index contributed by atoms with van der Waals surface area (Å²) in [5, 5.41) is 6.34. The largest absolute Gasteiger partial charge is 0.495 e. The van der Waals surface area contributed by atoms with Crippen molar-refractivity contribution in [3.8, 4) is 17.2 Å². The molecule has 8 nitrogen and oxygen atoms in total. The highest BCUT2D eigenvalue weighted by Crippen LogP contribution is 2.38. The lowest BCUT2D eigenvalue weighted by Crippen LogP contribution is -2.25. The summed E-state index contributed by atoms with van der Waals surface area (Å²) in [6.45, 7) is 2.11. The predicted octanol–water partition coefficient (Wildman–Crippen LogP) is 4.50. The minimum absolute atomic E-state index is 0.126. The van der Waals surface area contributed by atoms with Crippen LogP contribution in [0.3, 0.4) is 0 Å². The summed E-state index contributed by atoms with van der Waals surface area (Å²) < 4.78 is 16.0. The number of methoxy groups -OCH3 is 1. The minimum atomic E-state index is -0.383. The van der Waals surface area contributed by atoms with E-state index in [4.69, 9.17) is 14.2 Å². The Morgan fingerprint density at radius 1 is 1.12 bits per heavy atom. The van der Waals surface area contributed by atoms with Gasteiger partial charge in [0.05, 0.1) is 24.4 Å². The second-order valence-electron chi connectivity index (χ2n) is 7.99. The smallest absolute Gasteiger partial charge is 0.257 e. The van der Waals surface area contributed by atoms with Crippen molar-refractivity contribution in [2.75, 3.05) is 24.5 Å². The minimum Gasteiger partial charge on any atom is -0.495 e. The lowest BCUT2D eigenvalue weighted by molar-refractivity contribution is -0.118. The molecule has 0 bridgehead atoms. The standard InChI is InChI=1S/C24H23N3O5S/c1-13-6-8-17(30-2)16(10-13)25-23(29)15-4-3-5-20-21(15)26-24(33-20)27-22(28)14-7-9-18-19(11-14)32-12-31-18/h6-11,15H,3-5,12H2,1-2H3,(H,25,29)(H,26,27,28). The fourth-order valence-electron chi connectivity index (χ4n) is 4.07. The van der Waals surface area contributed by atoms with E-state index >= 15 is 0 Å². The molecule has 0 radical (unpaired) electrons. The monoisotopic (exact) mass is 465 g/mol. The Labute approximate surface area is 194 Å². The van der Waals surface area contributed by atoms with Crippen LogP contribution in [0.4, 0.5) is 10.8 Å². The quantitative estimate of drug-likeness (QED) is 0.576. The number of fused-ring (bicyclic) bond motifs is 2. The molecule has 1 aromatic heterocycles. The molecule has 0 saturated carbocycles. The molecule has 1 aliphatic heterocycles. The molecule has 2 aliphatic rings. The lowest BCUT2D eigenvalue weighted by Gasteiger charge is -2.21. The fourth-order valence-corrected chi connectivity index (χ4v) is 5.13. The van der Waals surface area contributed by atoms with Crippen molar-refractivity contribution in [1.82, 2.24) is 4.98 Å². The van der Waals surface area contributed by atoms with E-state index in [1.165, 1.54) is 11.3 Å². The summed E-state index contributed by atoms with van der Waals surface area (Å²) in [5.41, 5.74) is 2.85. The zero-order valence-electron chi connectivity index (χ0n) is 18.3. The third kappa shape index (κ3) is 4.23. The summed E-state index contributed by atoms with van der Waals surface area (Å²) >= 11 is 1.42. The van der Waals surface area contributed by atoms with Gasteiger partial charge in [-0.15, -0.1) is 11.3 Å². The van der Waals surface area contributed by atoms with Crippen molar-refractivity contribution in [2.24, 2.45) is 0 Å². The molecule has 2 amide bonds. The Kier molecular flexibility index (Phi) is 5.63. The SMILES string of the molecule is COc1ccc(C)cc1NC(=O)C1CCCc2sc(NC(=O)c3ccc4c(c3)OCO4)nc21. The predicted molar refractivity (Wildman–Crippen MR) is 125 cm³/mol. The molecule has 2 N–H and O–H groups in total. The van der Waals surface area contributed by atoms with E-state index in [0.717, 1.165) is 29.0 Å². The Bertz CT molecular complexity index is 1240. The number of ether oxygens (including phenoxy) is 3. The van der Waals surface area contributed by atoms with Crippen LogP contribution < -0.4 is 24.8 Å². The Hall–Kier alpha value is -3.59. The summed E-state index contributed by atoms with van der Waals surface area (Å²) in [5.74, 6) is 0.981. The number of carbonyl (C=O) groups is 2. The number of thiazole rings is 1. The summed E-state index contributed by atoms with van der Waals surface area (Å²) in [6.07, 6.45) is 2.42. The van der Waals surface area contributed by atoms with Gasteiger partial charge in [0, 0.05) is 10.4 Å². The van der Waals surface area contributed by atoms with Crippen molar-refractivity contribution in [2.45, 2.75) is 32.1 Å². The zero-order chi connectivity index (χ0) is 22.9. The van der Waals surface area contributed by atoms with Crippen LogP contribution in [0.15, 0.2) is 36.4 Å². The van der Waals surface area contributed by atoms with Crippen LogP contribution in [0.25, 0.3) is 0 Å². The number of hydrogen-bond acceptors (Lipinski definition) is 7. The van der Waals surface area contributed by atoms with Gasteiger partial charge in [-0.3, -0.25) is 14.9 Å². The van der Waals surface area contributed by atoms with Crippen LogP contribution >= 0.6 is 11.3 Å². The lowest BCUT2D eigenvalue weighted by atomic mass is 9.90. The van der Waals surface area contributed by atoms with Gasteiger partial charge in [-0.05, 0) is 62.1 Å². The van der Waals surface area contributed by atoms with Crippen LogP contribution in [-0.4, -0.2) is 30.7 Å². The maximum atomic E-state index is 13.2. The number of benzene rings is 2. The molecular weight excluding hydrogens is 442 g/mol. The molecule has 0 saturated heterocycles. The first-order valence-corrected chi connectivity index (χ1v) is 11.5. The fraction of sp³-hybridized carbons (Fsp3) is 0.292. The first-order valence-electron chi connectivity index (χ1n) is 10.7. The van der Waals surface area contributed by atoms with Gasteiger partial charge in [0.2, 0.25) is 12.7 Å². The summed E-state index contributed by atoms with van der Waals surface area (Å²) in [4.78, 5) is 31.6. The summed E-state index contributed by atoms with van der Waals surface area (Å²) in [7, 11) is 1.58.